The van der Waals surface area contributed by atoms with Gasteiger partial charge in [0.15, 0.2) is 0 Å². The van der Waals surface area contributed by atoms with E-state index in [0.29, 0.717) is 33.8 Å². The molecule has 0 saturated carbocycles. The van der Waals surface area contributed by atoms with E-state index in [2.05, 4.69) is 5.32 Å². The number of carbonyl (C=O) groups excluding carboxylic acids is 2. The predicted molar refractivity (Wildman–Crippen MR) is 152 cm³/mol. The zero-order chi connectivity index (χ0) is 31.0. The Morgan fingerprint density at radius 1 is 0.976 bits per heavy atom. The third-order valence-electron chi connectivity index (χ3n) is 7.22. The van der Waals surface area contributed by atoms with Crippen molar-refractivity contribution in [3.8, 4) is 5.75 Å². The molecule has 2 amide bonds. The van der Waals surface area contributed by atoms with Crippen LogP contribution in [-0.2, 0) is 4.79 Å². The van der Waals surface area contributed by atoms with Gasteiger partial charge < -0.3 is 25.4 Å². The molecule has 9 nitrogen and oxygen atoms in total. The molecule has 222 valence electrons. The average molecular weight is 585 g/mol. The van der Waals surface area contributed by atoms with Crippen molar-refractivity contribution in [2.24, 2.45) is 0 Å². The minimum Gasteiger partial charge on any atom is -0.478 e. The number of benzene rings is 2. The Morgan fingerprint density at radius 3 is 2.26 bits per heavy atom. The summed E-state index contributed by atoms with van der Waals surface area (Å²) in [5.41, 5.74) is 2.60. The van der Waals surface area contributed by atoms with Gasteiger partial charge in [-0.3, -0.25) is 14.5 Å². The lowest BCUT2D eigenvalue weighted by Gasteiger charge is -2.36. The molecule has 2 aromatic rings. The second kappa shape index (κ2) is 11.4. The van der Waals surface area contributed by atoms with Gasteiger partial charge >= 0.3 is 18.1 Å². The fraction of sp³-hybridized carbons (Fsp3) is 0.300. The first kappa shape index (κ1) is 30.4. The topological polar surface area (TPSA) is 111 Å². The van der Waals surface area contributed by atoms with Crippen molar-refractivity contribution in [3.05, 3.63) is 88.2 Å². The summed E-state index contributed by atoms with van der Waals surface area (Å²) in [6.45, 7) is 1.28. The molecule has 0 fully saturated rings. The summed E-state index contributed by atoms with van der Waals surface area (Å²) < 4.78 is 43.4. The molecule has 2 aliphatic rings. The summed E-state index contributed by atoms with van der Waals surface area (Å²) in [5.74, 6) is -2.99. The summed E-state index contributed by atoms with van der Waals surface area (Å²) in [4.78, 5) is 40.1. The van der Waals surface area contributed by atoms with Crippen LogP contribution in [0, 0.1) is 0 Å². The van der Waals surface area contributed by atoms with Crippen molar-refractivity contribution in [2.75, 3.05) is 46.2 Å². The number of carboxylic acid groups (broad SMARTS) is 1. The number of carboxylic acids is 1. The lowest BCUT2D eigenvalue weighted by molar-refractivity contribution is -0.173. The number of rotatable bonds is 8. The monoisotopic (exact) mass is 584 g/mol. The summed E-state index contributed by atoms with van der Waals surface area (Å²) in [5, 5.41) is 14.2. The molecule has 4 rings (SSSR count). The van der Waals surface area contributed by atoms with Crippen LogP contribution < -0.4 is 20.3 Å². The number of likely N-dealkylation sites (N-methyl/N-ethyl adjacent to an activating group) is 1. The zero-order valence-electron chi connectivity index (χ0n) is 23.7. The molecule has 0 radical (unpaired) electrons. The highest BCUT2D eigenvalue weighted by molar-refractivity contribution is 6.03. The van der Waals surface area contributed by atoms with Crippen LogP contribution in [0.5, 0.6) is 5.75 Å². The maximum atomic E-state index is 12.7. The number of allylic oxidation sites excluding steroid dienone is 1. The van der Waals surface area contributed by atoms with Crippen LogP contribution in [-0.4, -0.2) is 80.8 Å². The number of fused-ring (bicyclic) bond motifs is 2. The molecule has 0 bridgehead atoms. The SMILES string of the molecule is CN(C)c1ccc2c(c1)OC1=CC(C)(N(C)C)C=CC1=C2c1ccc(C(=O)NCCNC(=O)C(F)(F)F)cc1C(=O)O. The highest BCUT2D eigenvalue weighted by atomic mass is 19.4. The molecule has 0 aromatic heterocycles. The Kier molecular flexibility index (Phi) is 8.22. The van der Waals surface area contributed by atoms with Crippen molar-refractivity contribution < 1.29 is 37.4 Å². The van der Waals surface area contributed by atoms with Gasteiger partial charge in [-0.1, -0.05) is 18.2 Å². The van der Waals surface area contributed by atoms with Gasteiger partial charge in [-0.15, -0.1) is 0 Å². The molecule has 1 heterocycles. The van der Waals surface area contributed by atoms with Crippen molar-refractivity contribution in [1.82, 2.24) is 15.5 Å². The van der Waals surface area contributed by atoms with Gasteiger partial charge in [0.2, 0.25) is 0 Å². The molecular formula is C30H31F3N4O5. The third-order valence-corrected chi connectivity index (χ3v) is 7.22. The number of nitrogens with zero attached hydrogens (tertiary/aromatic N) is 2. The number of hydrogen-bond donors (Lipinski definition) is 3. The number of anilines is 1. The van der Waals surface area contributed by atoms with Gasteiger partial charge in [-0.05, 0) is 56.9 Å². The van der Waals surface area contributed by atoms with Crippen LogP contribution in [0.15, 0.2) is 66.0 Å². The fourth-order valence-electron chi connectivity index (χ4n) is 4.56. The number of ether oxygens (including phenoxy) is 1. The maximum Gasteiger partial charge on any atom is 0.471 e. The highest BCUT2D eigenvalue weighted by Crippen LogP contribution is 2.46. The average Bonchev–Trinajstić information content (AvgIpc) is 2.92. The number of hydrogen-bond acceptors (Lipinski definition) is 6. The van der Waals surface area contributed by atoms with Crippen LogP contribution in [0.25, 0.3) is 5.57 Å². The second-order valence-corrected chi connectivity index (χ2v) is 10.5. The van der Waals surface area contributed by atoms with Crippen molar-refractivity contribution >= 4 is 29.0 Å². The lowest BCUT2D eigenvalue weighted by Crippen LogP contribution is -2.41. The van der Waals surface area contributed by atoms with Gasteiger partial charge in [-0.2, -0.15) is 13.2 Å². The second-order valence-electron chi connectivity index (χ2n) is 10.5. The molecule has 0 saturated heterocycles. The number of alkyl halides is 3. The van der Waals surface area contributed by atoms with E-state index in [1.165, 1.54) is 18.2 Å². The Morgan fingerprint density at radius 2 is 1.64 bits per heavy atom. The van der Waals surface area contributed by atoms with Gasteiger partial charge in [0.1, 0.15) is 11.5 Å². The van der Waals surface area contributed by atoms with Crippen LogP contribution in [0.2, 0.25) is 0 Å². The van der Waals surface area contributed by atoms with Gasteiger partial charge in [0.25, 0.3) is 5.91 Å². The number of nitrogens with one attached hydrogen (secondary N) is 2. The smallest absolute Gasteiger partial charge is 0.471 e. The summed E-state index contributed by atoms with van der Waals surface area (Å²) in [6.07, 6.45) is 0.826. The van der Waals surface area contributed by atoms with E-state index in [1.54, 1.807) is 5.32 Å². The van der Waals surface area contributed by atoms with Crippen molar-refractivity contribution in [2.45, 2.75) is 18.6 Å². The Balaban J connectivity index is 1.74. The van der Waals surface area contributed by atoms with Crippen molar-refractivity contribution in [1.29, 1.82) is 0 Å². The van der Waals surface area contributed by atoms with Gasteiger partial charge in [0, 0.05) is 61.2 Å². The van der Waals surface area contributed by atoms with E-state index in [-0.39, 0.29) is 17.7 Å². The van der Waals surface area contributed by atoms with Gasteiger partial charge in [-0.25, -0.2) is 4.79 Å². The molecule has 1 aliphatic carbocycles. The fourth-order valence-corrected chi connectivity index (χ4v) is 4.56. The Hall–Kier alpha value is -4.58. The first-order chi connectivity index (χ1) is 19.6. The zero-order valence-corrected chi connectivity index (χ0v) is 23.7. The summed E-state index contributed by atoms with van der Waals surface area (Å²) in [6, 6.07) is 9.83. The molecule has 1 unspecified atom stereocenters. The highest BCUT2D eigenvalue weighted by Gasteiger charge is 2.38. The summed E-state index contributed by atoms with van der Waals surface area (Å²) >= 11 is 0. The normalized spacial score (nSPS) is 17.6. The van der Waals surface area contributed by atoms with Crippen LogP contribution in [0.4, 0.5) is 18.9 Å². The minimum absolute atomic E-state index is 0.00530. The first-order valence-corrected chi connectivity index (χ1v) is 13.0. The molecule has 1 atom stereocenters. The standard InChI is InChI=1S/C30H31F3N4O5/c1-29(37(4)5)11-10-21-24(16-29)42-23-15-18(36(2)3)7-9-20(23)25(21)19-8-6-17(14-22(19)27(39)40)26(38)34-12-13-35-28(41)30(31,32)33/h6-11,14-16H,12-13H2,1-5H3,(H,34,38)(H,35,41)(H,39,40). The Labute approximate surface area is 240 Å². The number of amides is 2. The molecule has 0 spiro atoms. The summed E-state index contributed by atoms with van der Waals surface area (Å²) in [7, 11) is 7.67. The van der Waals surface area contributed by atoms with E-state index in [9.17, 15) is 32.7 Å². The molecule has 2 aromatic carbocycles. The number of carbonyl (C=O) groups is 3. The van der Waals surface area contributed by atoms with Crippen LogP contribution in [0.1, 0.15) is 38.8 Å². The molecular weight excluding hydrogens is 553 g/mol. The Bertz CT molecular complexity index is 1540. The lowest BCUT2D eigenvalue weighted by atomic mass is 9.82. The maximum absolute atomic E-state index is 12.7. The largest absolute Gasteiger partial charge is 0.478 e. The van der Waals surface area contributed by atoms with E-state index in [4.69, 9.17) is 4.74 Å². The van der Waals surface area contributed by atoms with E-state index < -0.39 is 36.0 Å². The minimum atomic E-state index is -5.03. The number of aromatic carboxylic acids is 1. The first-order valence-electron chi connectivity index (χ1n) is 13.0. The molecule has 1 aliphatic heterocycles. The third kappa shape index (κ3) is 6.03. The van der Waals surface area contributed by atoms with Gasteiger partial charge in [0.05, 0.1) is 11.1 Å². The van der Waals surface area contributed by atoms with Crippen LogP contribution in [0.3, 0.4) is 0 Å². The molecule has 3 N–H and O–H groups in total. The van der Waals surface area contributed by atoms with Crippen molar-refractivity contribution in [3.63, 3.8) is 0 Å². The van der Waals surface area contributed by atoms with E-state index >= 15 is 0 Å². The predicted octanol–water partition coefficient (Wildman–Crippen LogP) is 3.83. The van der Waals surface area contributed by atoms with Crippen LogP contribution >= 0.6 is 0 Å². The molecule has 42 heavy (non-hydrogen) atoms. The van der Waals surface area contributed by atoms with E-state index in [1.807, 2.05) is 81.3 Å². The quantitative estimate of drug-likeness (QED) is 0.405. The van der Waals surface area contributed by atoms with E-state index in [0.717, 1.165) is 5.69 Å². The number of halogens is 3. The molecule has 12 heteroatoms.